The number of hydrogen-bond acceptors (Lipinski definition) is 4. The van der Waals surface area contributed by atoms with E-state index < -0.39 is 12.4 Å². The molecule has 19 heavy (non-hydrogen) atoms. The molecule has 1 aromatic heterocycles. The average molecular weight is 294 g/mol. The minimum atomic E-state index is -2.75. The highest BCUT2D eigenvalue weighted by molar-refractivity contribution is 6.17. The third kappa shape index (κ3) is 3.76. The van der Waals surface area contributed by atoms with Gasteiger partial charge < -0.3 is 9.47 Å². The van der Waals surface area contributed by atoms with E-state index in [0.29, 0.717) is 5.69 Å². The van der Waals surface area contributed by atoms with Gasteiger partial charge in [-0.1, -0.05) is 0 Å². The van der Waals surface area contributed by atoms with Gasteiger partial charge in [-0.3, -0.25) is 9.78 Å². The van der Waals surface area contributed by atoms with Crippen LogP contribution in [0.4, 0.5) is 8.78 Å². The molecule has 0 N–H and O–H groups in total. The fraction of sp³-hybridized carbons (Fsp3) is 0.500. The Labute approximate surface area is 114 Å². The Bertz CT molecular complexity index is 455. The van der Waals surface area contributed by atoms with Crippen LogP contribution in [0.5, 0.6) is 5.75 Å². The van der Waals surface area contributed by atoms with Gasteiger partial charge in [-0.15, -0.1) is 11.6 Å². The molecule has 106 valence electrons. The molecule has 0 aliphatic heterocycles. The van der Waals surface area contributed by atoms with Crippen LogP contribution in [0.25, 0.3) is 0 Å². The summed E-state index contributed by atoms with van der Waals surface area (Å²) >= 11 is 5.67. The summed E-state index contributed by atoms with van der Waals surface area (Å²) in [4.78, 5) is 15.3. The van der Waals surface area contributed by atoms with E-state index in [2.05, 4.69) is 4.98 Å². The molecule has 0 fully saturated rings. The van der Waals surface area contributed by atoms with Crippen LogP contribution < -0.4 is 4.74 Å². The lowest BCUT2D eigenvalue weighted by atomic mass is 10.0. The molecule has 0 bridgehead atoms. The van der Waals surface area contributed by atoms with Crippen molar-refractivity contribution in [2.75, 3.05) is 13.7 Å². The standard InChI is InChI=1S/C12H14ClF2NO3/c1-3-19-10(17)4-7-8(12(14)15)6-16-9(5-13)11(7)18-2/h6,12H,3-5H2,1-2H3. The van der Waals surface area contributed by atoms with E-state index in [1.54, 1.807) is 6.92 Å². The Morgan fingerprint density at radius 1 is 1.53 bits per heavy atom. The van der Waals surface area contributed by atoms with Gasteiger partial charge in [0, 0.05) is 17.3 Å². The highest BCUT2D eigenvalue weighted by Gasteiger charge is 2.23. The summed E-state index contributed by atoms with van der Waals surface area (Å²) in [6, 6.07) is 0. The van der Waals surface area contributed by atoms with Gasteiger partial charge in [0.25, 0.3) is 6.43 Å². The Hall–Kier alpha value is -1.43. The van der Waals surface area contributed by atoms with Crippen LogP contribution in [0.15, 0.2) is 6.20 Å². The topological polar surface area (TPSA) is 48.4 Å². The number of rotatable bonds is 6. The van der Waals surface area contributed by atoms with Gasteiger partial charge in [0.1, 0.15) is 5.75 Å². The van der Waals surface area contributed by atoms with Gasteiger partial charge in [-0.25, -0.2) is 8.78 Å². The van der Waals surface area contributed by atoms with Crippen LogP contribution in [-0.2, 0) is 21.8 Å². The maximum Gasteiger partial charge on any atom is 0.310 e. The molecule has 0 spiro atoms. The van der Waals surface area contributed by atoms with Crippen molar-refractivity contribution in [2.24, 2.45) is 0 Å². The van der Waals surface area contributed by atoms with Crippen LogP contribution >= 0.6 is 11.6 Å². The second-order valence-corrected chi connectivity index (χ2v) is 3.86. The number of hydrogen-bond donors (Lipinski definition) is 0. The summed E-state index contributed by atoms with van der Waals surface area (Å²) in [5.41, 5.74) is 0.0354. The zero-order valence-electron chi connectivity index (χ0n) is 10.6. The molecule has 0 amide bonds. The van der Waals surface area contributed by atoms with E-state index in [-0.39, 0.29) is 35.8 Å². The van der Waals surface area contributed by atoms with E-state index in [1.165, 1.54) is 7.11 Å². The van der Waals surface area contributed by atoms with E-state index in [4.69, 9.17) is 21.1 Å². The normalized spacial score (nSPS) is 10.6. The largest absolute Gasteiger partial charge is 0.494 e. The van der Waals surface area contributed by atoms with Crippen LogP contribution in [0.3, 0.4) is 0 Å². The molecule has 7 heteroatoms. The maximum atomic E-state index is 12.9. The first-order chi connectivity index (χ1) is 9.04. The molecular formula is C12H14ClF2NO3. The van der Waals surface area contributed by atoms with Crippen molar-refractivity contribution >= 4 is 17.6 Å². The van der Waals surface area contributed by atoms with E-state index in [1.807, 2.05) is 0 Å². The van der Waals surface area contributed by atoms with E-state index in [0.717, 1.165) is 6.20 Å². The predicted molar refractivity (Wildman–Crippen MR) is 65.6 cm³/mol. The van der Waals surface area contributed by atoms with Gasteiger partial charge in [0.15, 0.2) is 0 Å². The number of pyridine rings is 1. The van der Waals surface area contributed by atoms with E-state index in [9.17, 15) is 13.6 Å². The van der Waals surface area contributed by atoms with Crippen molar-refractivity contribution in [3.8, 4) is 5.75 Å². The lowest BCUT2D eigenvalue weighted by Crippen LogP contribution is -2.12. The van der Waals surface area contributed by atoms with Gasteiger partial charge in [0.05, 0.1) is 31.7 Å². The Morgan fingerprint density at radius 3 is 2.68 bits per heavy atom. The van der Waals surface area contributed by atoms with Crippen LogP contribution in [-0.4, -0.2) is 24.7 Å². The molecule has 0 aromatic carbocycles. The number of aromatic nitrogens is 1. The summed E-state index contributed by atoms with van der Waals surface area (Å²) in [6.07, 6.45) is -2.04. The first kappa shape index (κ1) is 15.6. The zero-order valence-corrected chi connectivity index (χ0v) is 11.3. The van der Waals surface area contributed by atoms with Crippen LogP contribution in [0.1, 0.15) is 30.2 Å². The molecule has 0 saturated carbocycles. The summed E-state index contributed by atoms with van der Waals surface area (Å²) in [5.74, 6) is -0.488. The van der Waals surface area contributed by atoms with Crippen molar-refractivity contribution in [1.29, 1.82) is 0 Å². The molecule has 1 heterocycles. The number of methoxy groups -OCH3 is 1. The van der Waals surface area contributed by atoms with Crippen molar-refractivity contribution in [1.82, 2.24) is 4.98 Å². The Kier molecular flexibility index (Phi) is 5.95. The number of esters is 1. The summed E-state index contributed by atoms with van der Waals surface area (Å²) < 4.78 is 35.7. The zero-order chi connectivity index (χ0) is 14.4. The molecule has 0 unspecified atom stereocenters. The van der Waals surface area contributed by atoms with Gasteiger partial charge in [-0.05, 0) is 6.92 Å². The lowest BCUT2D eigenvalue weighted by Gasteiger charge is -2.15. The fourth-order valence-electron chi connectivity index (χ4n) is 1.65. The number of alkyl halides is 3. The molecule has 0 atom stereocenters. The number of ether oxygens (including phenoxy) is 2. The van der Waals surface area contributed by atoms with Crippen molar-refractivity contribution in [3.63, 3.8) is 0 Å². The highest BCUT2D eigenvalue weighted by Crippen LogP contribution is 2.32. The smallest absolute Gasteiger partial charge is 0.310 e. The van der Waals surface area contributed by atoms with Crippen molar-refractivity contribution < 1.29 is 23.0 Å². The highest BCUT2D eigenvalue weighted by atomic mass is 35.5. The molecule has 0 radical (unpaired) electrons. The molecule has 4 nitrogen and oxygen atoms in total. The van der Waals surface area contributed by atoms with Crippen molar-refractivity contribution in [2.45, 2.75) is 25.7 Å². The first-order valence-corrected chi connectivity index (χ1v) is 6.12. The quantitative estimate of drug-likeness (QED) is 0.598. The third-order valence-electron chi connectivity index (χ3n) is 2.44. The lowest BCUT2D eigenvalue weighted by molar-refractivity contribution is -0.142. The maximum absolute atomic E-state index is 12.9. The number of halogens is 3. The molecular weight excluding hydrogens is 280 g/mol. The Balaban J connectivity index is 3.25. The molecule has 0 aliphatic carbocycles. The molecule has 0 aliphatic rings. The second-order valence-electron chi connectivity index (χ2n) is 3.59. The monoisotopic (exact) mass is 293 g/mol. The number of carbonyl (C=O) groups excluding carboxylic acids is 1. The summed E-state index contributed by atoms with van der Waals surface area (Å²) in [5, 5.41) is 0. The predicted octanol–water partition coefficient (Wildman–Crippen LogP) is 2.87. The van der Waals surface area contributed by atoms with Gasteiger partial charge in [-0.2, -0.15) is 0 Å². The summed E-state index contributed by atoms with van der Waals surface area (Å²) in [7, 11) is 1.32. The molecule has 1 aromatic rings. The van der Waals surface area contributed by atoms with Crippen molar-refractivity contribution in [3.05, 3.63) is 23.0 Å². The van der Waals surface area contributed by atoms with Crippen LogP contribution in [0, 0.1) is 0 Å². The van der Waals surface area contributed by atoms with E-state index >= 15 is 0 Å². The van der Waals surface area contributed by atoms with Crippen LogP contribution in [0.2, 0.25) is 0 Å². The summed E-state index contributed by atoms with van der Waals surface area (Å²) in [6.45, 7) is 1.82. The fourth-order valence-corrected chi connectivity index (χ4v) is 1.84. The minimum Gasteiger partial charge on any atom is -0.494 e. The van der Waals surface area contributed by atoms with Gasteiger partial charge >= 0.3 is 5.97 Å². The number of carbonyl (C=O) groups is 1. The third-order valence-corrected chi connectivity index (χ3v) is 2.69. The second kappa shape index (κ2) is 7.23. The number of nitrogens with zero attached hydrogens (tertiary/aromatic N) is 1. The van der Waals surface area contributed by atoms with Gasteiger partial charge in [0.2, 0.25) is 0 Å². The molecule has 0 saturated heterocycles. The SMILES string of the molecule is CCOC(=O)Cc1c(C(F)F)cnc(CCl)c1OC. The first-order valence-electron chi connectivity index (χ1n) is 5.59. The Morgan fingerprint density at radius 2 is 2.21 bits per heavy atom. The average Bonchev–Trinajstić information content (AvgIpc) is 2.37. The molecule has 1 rings (SSSR count). The minimum absolute atomic E-state index is 0.00250.